The lowest BCUT2D eigenvalue weighted by Gasteiger charge is -2.16. The molecule has 0 spiro atoms. The number of pyridine rings is 1. The van der Waals surface area contributed by atoms with Gasteiger partial charge in [-0.1, -0.05) is 6.07 Å². The summed E-state index contributed by atoms with van der Waals surface area (Å²) in [5, 5.41) is 6.92. The number of hydrogen-bond donors (Lipinski definition) is 2. The summed E-state index contributed by atoms with van der Waals surface area (Å²) in [6.45, 7) is 5.59. The van der Waals surface area contributed by atoms with Crippen LogP contribution in [0.3, 0.4) is 0 Å². The van der Waals surface area contributed by atoms with Crippen molar-refractivity contribution in [3.05, 3.63) is 30.1 Å². The Hall–Kier alpha value is -0.930. The predicted molar refractivity (Wildman–Crippen MR) is 61.6 cm³/mol. The van der Waals surface area contributed by atoms with Gasteiger partial charge in [-0.3, -0.25) is 4.98 Å². The summed E-state index contributed by atoms with van der Waals surface area (Å²) >= 11 is 0. The first kappa shape index (κ1) is 10.6. The van der Waals surface area contributed by atoms with E-state index in [1.165, 1.54) is 13.0 Å². The van der Waals surface area contributed by atoms with Crippen LogP contribution in [0.1, 0.15) is 25.1 Å². The molecule has 0 bridgehead atoms. The second-order valence-corrected chi connectivity index (χ2v) is 4.24. The fourth-order valence-corrected chi connectivity index (χ4v) is 1.97. The van der Waals surface area contributed by atoms with E-state index in [2.05, 4.69) is 28.6 Å². The second kappa shape index (κ2) is 5.24. The van der Waals surface area contributed by atoms with Crippen molar-refractivity contribution in [2.24, 2.45) is 5.92 Å². The molecule has 0 aromatic carbocycles. The van der Waals surface area contributed by atoms with Gasteiger partial charge in [0.25, 0.3) is 0 Å². The van der Waals surface area contributed by atoms with Crippen molar-refractivity contribution < 1.29 is 0 Å². The van der Waals surface area contributed by atoms with Crippen LogP contribution in [-0.4, -0.2) is 24.6 Å². The van der Waals surface area contributed by atoms with E-state index in [0.29, 0.717) is 6.04 Å². The third kappa shape index (κ3) is 3.01. The Morgan fingerprint density at radius 1 is 1.60 bits per heavy atom. The smallest absolute Gasteiger partial charge is 0.0570 e. The van der Waals surface area contributed by atoms with E-state index in [1.807, 2.05) is 18.3 Å². The molecule has 1 aromatic heterocycles. The maximum Gasteiger partial charge on any atom is 0.0570 e. The van der Waals surface area contributed by atoms with Crippen LogP contribution in [0.2, 0.25) is 0 Å². The van der Waals surface area contributed by atoms with Gasteiger partial charge in [-0.05, 0) is 51.0 Å². The quantitative estimate of drug-likeness (QED) is 0.779. The molecule has 1 aromatic rings. The first-order valence-corrected chi connectivity index (χ1v) is 5.71. The van der Waals surface area contributed by atoms with Gasteiger partial charge in [0.2, 0.25) is 0 Å². The molecule has 15 heavy (non-hydrogen) atoms. The molecule has 0 amide bonds. The molecule has 1 aliphatic heterocycles. The predicted octanol–water partition coefficient (Wildman–Crippen LogP) is 1.34. The molecule has 3 heteroatoms. The summed E-state index contributed by atoms with van der Waals surface area (Å²) in [5.41, 5.74) is 1.13. The topological polar surface area (TPSA) is 37.0 Å². The van der Waals surface area contributed by atoms with Crippen molar-refractivity contribution in [2.75, 3.05) is 19.6 Å². The number of hydrogen-bond acceptors (Lipinski definition) is 3. The summed E-state index contributed by atoms with van der Waals surface area (Å²) in [5.74, 6) is 0.788. The van der Waals surface area contributed by atoms with Gasteiger partial charge in [0.1, 0.15) is 0 Å². The highest BCUT2D eigenvalue weighted by Crippen LogP contribution is 2.11. The first-order valence-electron chi connectivity index (χ1n) is 5.71. The van der Waals surface area contributed by atoms with Crippen molar-refractivity contribution in [3.63, 3.8) is 0 Å². The lowest BCUT2D eigenvalue weighted by Crippen LogP contribution is -2.27. The molecule has 0 aliphatic carbocycles. The second-order valence-electron chi connectivity index (χ2n) is 4.24. The maximum atomic E-state index is 4.35. The Morgan fingerprint density at radius 3 is 3.20 bits per heavy atom. The number of nitrogens with one attached hydrogen (secondary N) is 2. The SMILES string of the molecule is C[C@@H](NC[C@@H]1CCNC1)c1ccccn1. The molecule has 0 radical (unpaired) electrons. The molecule has 2 heterocycles. The molecule has 0 unspecified atom stereocenters. The van der Waals surface area contributed by atoms with Gasteiger partial charge >= 0.3 is 0 Å². The van der Waals surface area contributed by atoms with E-state index in [9.17, 15) is 0 Å². The lowest BCUT2D eigenvalue weighted by atomic mass is 10.1. The third-order valence-corrected chi connectivity index (χ3v) is 3.01. The summed E-state index contributed by atoms with van der Waals surface area (Å²) in [7, 11) is 0. The Kier molecular flexibility index (Phi) is 3.69. The zero-order valence-electron chi connectivity index (χ0n) is 9.24. The van der Waals surface area contributed by atoms with Crippen molar-refractivity contribution >= 4 is 0 Å². The van der Waals surface area contributed by atoms with E-state index in [-0.39, 0.29) is 0 Å². The van der Waals surface area contributed by atoms with Crippen LogP contribution in [-0.2, 0) is 0 Å². The fraction of sp³-hybridized carbons (Fsp3) is 0.583. The molecule has 2 N–H and O–H groups in total. The van der Waals surface area contributed by atoms with E-state index < -0.39 is 0 Å². The van der Waals surface area contributed by atoms with Crippen LogP contribution in [0.4, 0.5) is 0 Å². The molecular weight excluding hydrogens is 186 g/mol. The fourth-order valence-electron chi connectivity index (χ4n) is 1.97. The van der Waals surface area contributed by atoms with Crippen molar-refractivity contribution in [1.82, 2.24) is 15.6 Å². The largest absolute Gasteiger partial charge is 0.316 e. The van der Waals surface area contributed by atoms with Crippen LogP contribution in [0.5, 0.6) is 0 Å². The standard InChI is InChI=1S/C12H19N3/c1-10(12-4-2-3-6-14-12)15-9-11-5-7-13-8-11/h2-4,6,10-11,13,15H,5,7-9H2,1H3/t10-,11-/m1/s1. The van der Waals surface area contributed by atoms with Crippen molar-refractivity contribution in [2.45, 2.75) is 19.4 Å². The van der Waals surface area contributed by atoms with Crippen LogP contribution in [0.25, 0.3) is 0 Å². The zero-order valence-corrected chi connectivity index (χ0v) is 9.24. The van der Waals surface area contributed by atoms with Gasteiger partial charge in [0, 0.05) is 12.2 Å². The van der Waals surface area contributed by atoms with Gasteiger partial charge in [0.15, 0.2) is 0 Å². The van der Waals surface area contributed by atoms with E-state index >= 15 is 0 Å². The van der Waals surface area contributed by atoms with Gasteiger partial charge in [-0.15, -0.1) is 0 Å². The molecule has 2 rings (SSSR count). The summed E-state index contributed by atoms with van der Waals surface area (Å²) < 4.78 is 0. The molecule has 1 aliphatic rings. The molecule has 1 saturated heterocycles. The molecule has 0 saturated carbocycles. The minimum absolute atomic E-state index is 0.354. The average molecular weight is 205 g/mol. The van der Waals surface area contributed by atoms with Crippen molar-refractivity contribution in [1.29, 1.82) is 0 Å². The third-order valence-electron chi connectivity index (χ3n) is 3.01. The summed E-state index contributed by atoms with van der Waals surface area (Å²) in [6.07, 6.45) is 3.15. The Morgan fingerprint density at radius 2 is 2.53 bits per heavy atom. The monoisotopic (exact) mass is 205 g/mol. The summed E-state index contributed by atoms with van der Waals surface area (Å²) in [4.78, 5) is 4.35. The number of nitrogens with zero attached hydrogens (tertiary/aromatic N) is 1. The van der Waals surface area contributed by atoms with Crippen LogP contribution in [0, 0.1) is 5.92 Å². The Labute approximate surface area is 91.3 Å². The van der Waals surface area contributed by atoms with Crippen LogP contribution >= 0.6 is 0 Å². The van der Waals surface area contributed by atoms with E-state index in [4.69, 9.17) is 0 Å². The summed E-state index contributed by atoms with van der Waals surface area (Å²) in [6, 6.07) is 6.42. The van der Waals surface area contributed by atoms with Crippen molar-refractivity contribution in [3.8, 4) is 0 Å². The molecule has 3 nitrogen and oxygen atoms in total. The van der Waals surface area contributed by atoms with E-state index in [0.717, 1.165) is 24.7 Å². The minimum Gasteiger partial charge on any atom is -0.316 e. The minimum atomic E-state index is 0.354. The molecular formula is C12H19N3. The zero-order chi connectivity index (χ0) is 10.5. The molecule has 1 fully saturated rings. The Bertz CT molecular complexity index is 280. The maximum absolute atomic E-state index is 4.35. The average Bonchev–Trinajstić information content (AvgIpc) is 2.80. The Balaban J connectivity index is 1.79. The van der Waals surface area contributed by atoms with E-state index in [1.54, 1.807) is 0 Å². The van der Waals surface area contributed by atoms with Gasteiger partial charge in [-0.25, -0.2) is 0 Å². The normalized spacial score (nSPS) is 22.9. The lowest BCUT2D eigenvalue weighted by molar-refractivity contribution is 0.465. The first-order chi connectivity index (χ1) is 7.36. The highest BCUT2D eigenvalue weighted by atomic mass is 15.0. The molecule has 2 atom stereocenters. The number of rotatable bonds is 4. The number of aromatic nitrogens is 1. The van der Waals surface area contributed by atoms with Crippen LogP contribution in [0.15, 0.2) is 24.4 Å². The van der Waals surface area contributed by atoms with Crippen LogP contribution < -0.4 is 10.6 Å². The highest BCUT2D eigenvalue weighted by Gasteiger charge is 2.15. The van der Waals surface area contributed by atoms with Gasteiger partial charge in [-0.2, -0.15) is 0 Å². The highest BCUT2D eigenvalue weighted by molar-refractivity contribution is 5.07. The van der Waals surface area contributed by atoms with Gasteiger partial charge in [0.05, 0.1) is 5.69 Å². The van der Waals surface area contributed by atoms with Gasteiger partial charge < -0.3 is 10.6 Å². The molecule has 82 valence electrons.